The van der Waals surface area contributed by atoms with Gasteiger partial charge in [-0.05, 0) is 19.3 Å². The number of aliphatic hydroxyl groups is 5. The molecule has 1 fully saturated rings. The van der Waals surface area contributed by atoms with Crippen molar-refractivity contribution < 1.29 is 39.8 Å². The number of carbonyl (C=O) groups is 1. The minimum atomic E-state index is -1.56. The molecule has 0 aromatic carbocycles. The molecule has 0 saturated carbocycles. The molecule has 0 aliphatic carbocycles. The molecule has 0 aromatic heterocycles. The second-order valence-corrected chi connectivity index (χ2v) is 16.6. The van der Waals surface area contributed by atoms with Crippen molar-refractivity contribution in [3.8, 4) is 0 Å². The molecule has 6 N–H and O–H groups in total. The van der Waals surface area contributed by atoms with E-state index in [-0.39, 0.29) is 12.5 Å². The van der Waals surface area contributed by atoms with E-state index in [1.54, 1.807) is 6.08 Å². The summed E-state index contributed by atoms with van der Waals surface area (Å²) in [5.41, 5.74) is 0. The number of allylic oxidation sites excluding steroid dienone is 1. The third kappa shape index (κ3) is 28.1. The molecular formula is C46H89NO8. The van der Waals surface area contributed by atoms with Crippen LogP contribution >= 0.6 is 0 Å². The lowest BCUT2D eigenvalue weighted by Crippen LogP contribution is -2.60. The fourth-order valence-electron chi connectivity index (χ4n) is 7.57. The zero-order valence-corrected chi connectivity index (χ0v) is 35.7. The van der Waals surface area contributed by atoms with Crippen LogP contribution in [0.5, 0.6) is 0 Å². The molecule has 1 rings (SSSR count). The molecule has 1 aliphatic rings. The van der Waals surface area contributed by atoms with Gasteiger partial charge in [0.25, 0.3) is 0 Å². The SMILES string of the molecule is CCCCCCCCCCCCC/C=C/[C@@H](O)[C@H](CO[C@@H]1O[C@H](CO)[C@@H](O)[C@H](O)[C@H]1O)NC(=O)CCCCCCCCCCCCCCCCCCCCC. The first-order chi connectivity index (χ1) is 26.8. The Morgan fingerprint density at radius 2 is 1.00 bits per heavy atom. The van der Waals surface area contributed by atoms with Gasteiger partial charge >= 0.3 is 0 Å². The number of carbonyl (C=O) groups excluding carboxylic acids is 1. The summed E-state index contributed by atoms with van der Waals surface area (Å²) in [7, 11) is 0. The van der Waals surface area contributed by atoms with Gasteiger partial charge in [-0.15, -0.1) is 0 Å². The van der Waals surface area contributed by atoms with Crippen LogP contribution in [0.25, 0.3) is 0 Å². The van der Waals surface area contributed by atoms with Crippen LogP contribution in [0.3, 0.4) is 0 Å². The maximum Gasteiger partial charge on any atom is 0.220 e. The maximum atomic E-state index is 12.9. The fraction of sp³-hybridized carbons (Fsp3) is 0.935. The summed E-state index contributed by atoms with van der Waals surface area (Å²) in [6.07, 6.45) is 35.4. The lowest BCUT2D eigenvalue weighted by molar-refractivity contribution is -0.302. The highest BCUT2D eigenvalue weighted by atomic mass is 16.7. The van der Waals surface area contributed by atoms with Gasteiger partial charge in [-0.2, -0.15) is 0 Å². The molecule has 1 saturated heterocycles. The van der Waals surface area contributed by atoms with Gasteiger partial charge in [0.2, 0.25) is 5.91 Å². The lowest BCUT2D eigenvalue weighted by Gasteiger charge is -2.40. The van der Waals surface area contributed by atoms with Gasteiger partial charge in [0.15, 0.2) is 6.29 Å². The van der Waals surface area contributed by atoms with Crippen molar-refractivity contribution in [2.24, 2.45) is 0 Å². The molecule has 1 heterocycles. The Morgan fingerprint density at radius 1 is 0.600 bits per heavy atom. The second-order valence-electron chi connectivity index (χ2n) is 16.6. The zero-order valence-electron chi connectivity index (χ0n) is 35.7. The molecule has 0 spiro atoms. The summed E-state index contributed by atoms with van der Waals surface area (Å²) in [5, 5.41) is 54.2. The van der Waals surface area contributed by atoms with Crippen LogP contribution < -0.4 is 5.32 Å². The van der Waals surface area contributed by atoms with E-state index in [0.717, 1.165) is 38.5 Å². The van der Waals surface area contributed by atoms with Crippen molar-refractivity contribution in [3.05, 3.63) is 12.2 Å². The highest BCUT2D eigenvalue weighted by Gasteiger charge is 2.44. The van der Waals surface area contributed by atoms with Crippen LogP contribution in [0.15, 0.2) is 12.2 Å². The first kappa shape index (κ1) is 51.9. The Balaban J connectivity index is 2.31. The van der Waals surface area contributed by atoms with Crippen LogP contribution in [-0.4, -0.2) is 87.5 Å². The third-order valence-corrected chi connectivity index (χ3v) is 11.4. The van der Waals surface area contributed by atoms with E-state index in [1.807, 2.05) is 6.08 Å². The van der Waals surface area contributed by atoms with E-state index in [0.29, 0.717) is 6.42 Å². The summed E-state index contributed by atoms with van der Waals surface area (Å²) in [6.45, 7) is 3.78. The lowest BCUT2D eigenvalue weighted by atomic mass is 9.99. The molecule has 0 bridgehead atoms. The molecule has 0 unspecified atom stereocenters. The van der Waals surface area contributed by atoms with Crippen LogP contribution in [0.4, 0.5) is 0 Å². The van der Waals surface area contributed by atoms with E-state index in [9.17, 15) is 30.3 Å². The Kier molecular flexibility index (Phi) is 35.2. The van der Waals surface area contributed by atoms with Crippen molar-refractivity contribution in [3.63, 3.8) is 0 Å². The molecular weight excluding hydrogens is 695 g/mol. The molecule has 1 aliphatic heterocycles. The smallest absolute Gasteiger partial charge is 0.220 e. The minimum Gasteiger partial charge on any atom is -0.394 e. The predicted octanol–water partition coefficient (Wildman–Crippen LogP) is 9.73. The van der Waals surface area contributed by atoms with Gasteiger partial charge in [-0.25, -0.2) is 0 Å². The topological polar surface area (TPSA) is 149 Å². The third-order valence-electron chi connectivity index (χ3n) is 11.4. The molecule has 326 valence electrons. The van der Waals surface area contributed by atoms with E-state index < -0.39 is 49.5 Å². The van der Waals surface area contributed by atoms with Crippen molar-refractivity contribution in [1.82, 2.24) is 5.32 Å². The van der Waals surface area contributed by atoms with Crippen molar-refractivity contribution in [2.45, 2.75) is 262 Å². The second kappa shape index (κ2) is 37.2. The summed E-state index contributed by atoms with van der Waals surface area (Å²) in [6, 6.07) is -0.797. The average Bonchev–Trinajstić information content (AvgIpc) is 3.18. The number of unbranched alkanes of at least 4 members (excludes halogenated alkanes) is 29. The number of hydrogen-bond acceptors (Lipinski definition) is 8. The van der Waals surface area contributed by atoms with Gasteiger partial charge in [0, 0.05) is 6.42 Å². The van der Waals surface area contributed by atoms with Gasteiger partial charge in [-0.1, -0.05) is 206 Å². The highest BCUT2D eigenvalue weighted by Crippen LogP contribution is 2.23. The Labute approximate surface area is 337 Å². The summed E-state index contributed by atoms with van der Waals surface area (Å²) in [5.74, 6) is -0.174. The van der Waals surface area contributed by atoms with E-state index >= 15 is 0 Å². The number of rotatable bonds is 39. The summed E-state index contributed by atoms with van der Waals surface area (Å²) < 4.78 is 11.2. The fourth-order valence-corrected chi connectivity index (χ4v) is 7.57. The largest absolute Gasteiger partial charge is 0.394 e. The summed E-state index contributed by atoms with van der Waals surface area (Å²) in [4.78, 5) is 12.9. The van der Waals surface area contributed by atoms with Gasteiger partial charge < -0.3 is 40.3 Å². The van der Waals surface area contributed by atoms with E-state index in [1.165, 1.54) is 161 Å². The molecule has 9 heteroatoms. The molecule has 1 amide bonds. The first-order valence-corrected chi connectivity index (χ1v) is 23.4. The Morgan fingerprint density at radius 3 is 1.42 bits per heavy atom. The van der Waals surface area contributed by atoms with Gasteiger partial charge in [0.1, 0.15) is 24.4 Å². The number of hydrogen-bond donors (Lipinski definition) is 6. The van der Waals surface area contributed by atoms with Crippen LogP contribution in [0.1, 0.15) is 219 Å². The highest BCUT2D eigenvalue weighted by molar-refractivity contribution is 5.76. The average molecular weight is 784 g/mol. The first-order valence-electron chi connectivity index (χ1n) is 23.4. The predicted molar refractivity (Wildman–Crippen MR) is 226 cm³/mol. The monoisotopic (exact) mass is 784 g/mol. The van der Waals surface area contributed by atoms with Crippen LogP contribution in [-0.2, 0) is 14.3 Å². The standard InChI is InChI=1S/C46H89NO8/c1-3-5-7-9-11-13-15-17-18-19-20-21-22-24-26-28-30-32-34-36-42(50)47-39(38-54-46-45(53)44(52)43(51)41(37-48)55-46)40(49)35-33-31-29-27-25-23-16-14-12-10-8-6-4-2/h33,35,39-41,43-46,48-49,51-53H,3-32,34,36-38H2,1-2H3,(H,47,50)/b35-33+/t39-,40+,41+,43+,44-,45+,46+/m0/s1. The van der Waals surface area contributed by atoms with Crippen molar-refractivity contribution in [2.75, 3.05) is 13.2 Å². The summed E-state index contributed by atoms with van der Waals surface area (Å²) >= 11 is 0. The Hall–Kier alpha value is -1.07. The molecule has 0 radical (unpaired) electrons. The van der Waals surface area contributed by atoms with Gasteiger partial charge in [0.05, 0.1) is 25.4 Å². The van der Waals surface area contributed by atoms with Crippen molar-refractivity contribution >= 4 is 5.91 Å². The van der Waals surface area contributed by atoms with Crippen molar-refractivity contribution in [1.29, 1.82) is 0 Å². The zero-order chi connectivity index (χ0) is 40.2. The maximum absolute atomic E-state index is 12.9. The molecule has 9 nitrogen and oxygen atoms in total. The van der Waals surface area contributed by atoms with Crippen LogP contribution in [0.2, 0.25) is 0 Å². The molecule has 7 atom stereocenters. The number of amides is 1. The van der Waals surface area contributed by atoms with E-state index in [2.05, 4.69) is 19.2 Å². The number of ether oxygens (including phenoxy) is 2. The number of nitrogens with one attached hydrogen (secondary N) is 1. The quantitative estimate of drug-likeness (QED) is 0.0267. The number of aliphatic hydroxyl groups excluding tert-OH is 5. The normalized spacial score (nSPS) is 21.3. The molecule has 0 aromatic rings. The van der Waals surface area contributed by atoms with Gasteiger partial charge in [-0.3, -0.25) is 4.79 Å². The minimum absolute atomic E-state index is 0.174. The van der Waals surface area contributed by atoms with E-state index in [4.69, 9.17) is 9.47 Å². The molecule has 55 heavy (non-hydrogen) atoms. The Bertz CT molecular complexity index is 873. The van der Waals surface area contributed by atoms with Crippen LogP contribution in [0, 0.1) is 0 Å².